The zero-order valence-corrected chi connectivity index (χ0v) is 12.7. The Kier molecular flexibility index (Phi) is 3.27. The normalized spacial score (nSPS) is 11.0. The van der Waals surface area contributed by atoms with Crippen molar-refractivity contribution in [2.45, 2.75) is 20.8 Å². The predicted octanol–water partition coefficient (Wildman–Crippen LogP) is 3.83. The maximum atomic E-state index is 5.86. The van der Waals surface area contributed by atoms with Gasteiger partial charge in [-0.15, -0.1) is 11.3 Å². The van der Waals surface area contributed by atoms with Crippen molar-refractivity contribution >= 4 is 22.9 Å². The van der Waals surface area contributed by atoms with Crippen LogP contribution in [0.1, 0.15) is 17.1 Å². The summed E-state index contributed by atoms with van der Waals surface area (Å²) in [5.41, 5.74) is 3.36. The molecule has 3 heterocycles. The summed E-state index contributed by atoms with van der Waals surface area (Å²) in [5.74, 6) is 1.31. The summed E-state index contributed by atoms with van der Waals surface area (Å²) in [5, 5.41) is 6.87. The molecule has 0 aliphatic heterocycles. The molecular weight excluding hydrogens is 296 g/mol. The van der Waals surface area contributed by atoms with Gasteiger partial charge in [0, 0.05) is 11.1 Å². The minimum atomic E-state index is 0.453. The molecule has 5 nitrogen and oxygen atoms in total. The first-order chi connectivity index (χ1) is 9.54. The fraction of sp³-hybridized carbons (Fsp3) is 0.231. The van der Waals surface area contributed by atoms with Gasteiger partial charge in [0.05, 0.1) is 17.0 Å². The van der Waals surface area contributed by atoms with E-state index in [2.05, 4.69) is 20.1 Å². The summed E-state index contributed by atoms with van der Waals surface area (Å²) >= 11 is 7.28. The summed E-state index contributed by atoms with van der Waals surface area (Å²) in [6, 6.07) is 1.91. The summed E-state index contributed by atoms with van der Waals surface area (Å²) in [6.45, 7) is 5.68. The third-order valence-electron chi connectivity index (χ3n) is 2.81. The number of hydrogen-bond acceptors (Lipinski definition) is 6. The van der Waals surface area contributed by atoms with Crippen molar-refractivity contribution < 1.29 is 4.52 Å². The number of hydrogen-bond donors (Lipinski definition) is 0. The van der Waals surface area contributed by atoms with E-state index < -0.39 is 0 Å². The van der Waals surface area contributed by atoms with E-state index in [0.29, 0.717) is 16.0 Å². The van der Waals surface area contributed by atoms with Gasteiger partial charge in [0.15, 0.2) is 10.8 Å². The highest BCUT2D eigenvalue weighted by atomic mass is 35.5. The molecule has 0 fully saturated rings. The van der Waals surface area contributed by atoms with Crippen LogP contribution in [0.3, 0.4) is 0 Å². The van der Waals surface area contributed by atoms with E-state index in [1.165, 1.54) is 11.3 Å². The van der Waals surface area contributed by atoms with Gasteiger partial charge < -0.3 is 4.52 Å². The van der Waals surface area contributed by atoms with Gasteiger partial charge in [-0.25, -0.2) is 15.0 Å². The zero-order chi connectivity index (χ0) is 14.3. The second-order valence-corrected chi connectivity index (χ2v) is 5.64. The van der Waals surface area contributed by atoms with Gasteiger partial charge in [-0.3, -0.25) is 0 Å². The topological polar surface area (TPSA) is 64.7 Å². The largest absolute Gasteiger partial charge is 0.361 e. The highest BCUT2D eigenvalue weighted by Gasteiger charge is 2.16. The molecule has 0 aliphatic carbocycles. The van der Waals surface area contributed by atoms with Crippen LogP contribution in [0.5, 0.6) is 0 Å². The molecule has 0 saturated carbocycles. The Morgan fingerprint density at radius 1 is 1.15 bits per heavy atom. The maximum absolute atomic E-state index is 5.86. The molecule has 0 unspecified atom stereocenters. The second kappa shape index (κ2) is 4.96. The Bertz CT molecular complexity index is 761. The average molecular weight is 307 g/mol. The van der Waals surface area contributed by atoms with Crippen LogP contribution in [0.25, 0.3) is 22.1 Å². The molecule has 102 valence electrons. The lowest BCUT2D eigenvalue weighted by atomic mass is 10.1. The zero-order valence-electron chi connectivity index (χ0n) is 11.1. The van der Waals surface area contributed by atoms with Crippen LogP contribution in [-0.2, 0) is 0 Å². The van der Waals surface area contributed by atoms with E-state index in [9.17, 15) is 0 Å². The summed E-state index contributed by atoms with van der Waals surface area (Å²) in [4.78, 5) is 13.2. The van der Waals surface area contributed by atoms with Gasteiger partial charge >= 0.3 is 0 Å². The van der Waals surface area contributed by atoms with Gasteiger partial charge in [0.1, 0.15) is 10.9 Å². The third-order valence-corrected chi connectivity index (χ3v) is 3.97. The Morgan fingerprint density at radius 2 is 1.95 bits per heavy atom. The molecule has 3 rings (SSSR count). The molecular formula is C13H11ClN4OS. The monoisotopic (exact) mass is 306 g/mol. The Labute approximate surface area is 124 Å². The molecule has 3 aromatic rings. The number of rotatable bonds is 2. The predicted molar refractivity (Wildman–Crippen MR) is 77.9 cm³/mol. The lowest BCUT2D eigenvalue weighted by Gasteiger charge is -2.03. The van der Waals surface area contributed by atoms with Crippen molar-refractivity contribution in [3.63, 3.8) is 0 Å². The first kappa shape index (κ1) is 13.2. The molecule has 0 radical (unpaired) electrons. The molecule has 0 amide bonds. The molecule has 3 aromatic heterocycles. The number of aryl methyl sites for hydroxylation is 3. The van der Waals surface area contributed by atoms with E-state index in [1.54, 1.807) is 5.38 Å². The van der Waals surface area contributed by atoms with Crippen molar-refractivity contribution in [3.05, 3.63) is 33.7 Å². The standard InChI is InChI=1S/C13H11ClN4OS/c1-6-4-9(11-7(2)18-19-8(11)3)16-12(15-6)13-17-10(14)5-20-13/h4-5H,1-3H3. The van der Waals surface area contributed by atoms with Gasteiger partial charge in [-0.2, -0.15) is 0 Å². The van der Waals surface area contributed by atoms with Crippen LogP contribution in [-0.4, -0.2) is 20.1 Å². The summed E-state index contributed by atoms with van der Waals surface area (Å²) < 4.78 is 5.19. The second-order valence-electron chi connectivity index (χ2n) is 4.39. The minimum Gasteiger partial charge on any atom is -0.361 e. The highest BCUT2D eigenvalue weighted by molar-refractivity contribution is 7.13. The molecule has 7 heteroatoms. The van der Waals surface area contributed by atoms with Crippen LogP contribution >= 0.6 is 22.9 Å². The highest BCUT2D eigenvalue weighted by Crippen LogP contribution is 2.29. The number of aromatic nitrogens is 4. The molecule has 0 N–H and O–H groups in total. The SMILES string of the molecule is Cc1cc(-c2c(C)noc2C)nc(-c2nc(Cl)cs2)n1. The van der Waals surface area contributed by atoms with Crippen LogP contribution in [0.4, 0.5) is 0 Å². The molecule has 0 saturated heterocycles. The van der Waals surface area contributed by atoms with Crippen LogP contribution in [0.2, 0.25) is 5.15 Å². The number of thiazole rings is 1. The van der Waals surface area contributed by atoms with Crippen molar-refractivity contribution in [2.75, 3.05) is 0 Å². The minimum absolute atomic E-state index is 0.453. The Balaban J connectivity index is 2.17. The lowest BCUT2D eigenvalue weighted by Crippen LogP contribution is -1.95. The average Bonchev–Trinajstić information content (AvgIpc) is 2.95. The summed E-state index contributed by atoms with van der Waals surface area (Å²) in [7, 11) is 0. The van der Waals surface area contributed by atoms with Gasteiger partial charge in [-0.05, 0) is 26.8 Å². The fourth-order valence-electron chi connectivity index (χ4n) is 2.00. The van der Waals surface area contributed by atoms with E-state index in [0.717, 1.165) is 28.4 Å². The van der Waals surface area contributed by atoms with Crippen LogP contribution in [0.15, 0.2) is 16.0 Å². The number of nitrogens with zero attached hydrogens (tertiary/aromatic N) is 4. The van der Waals surface area contributed by atoms with E-state index in [-0.39, 0.29) is 0 Å². The van der Waals surface area contributed by atoms with E-state index in [1.807, 2.05) is 26.8 Å². The first-order valence-corrected chi connectivity index (χ1v) is 7.20. The Hall–Kier alpha value is -1.79. The van der Waals surface area contributed by atoms with Gasteiger partial charge in [-0.1, -0.05) is 16.8 Å². The van der Waals surface area contributed by atoms with Gasteiger partial charge in [0.25, 0.3) is 0 Å². The molecule has 0 aliphatic rings. The van der Waals surface area contributed by atoms with Crippen LogP contribution in [0, 0.1) is 20.8 Å². The smallest absolute Gasteiger partial charge is 0.189 e. The lowest BCUT2D eigenvalue weighted by molar-refractivity contribution is 0.393. The van der Waals surface area contributed by atoms with Crippen molar-refractivity contribution in [1.82, 2.24) is 20.1 Å². The molecule has 0 aromatic carbocycles. The first-order valence-electron chi connectivity index (χ1n) is 5.95. The maximum Gasteiger partial charge on any atom is 0.189 e. The summed E-state index contributed by atoms with van der Waals surface area (Å²) in [6.07, 6.45) is 0. The molecule has 0 spiro atoms. The van der Waals surface area contributed by atoms with Crippen molar-refractivity contribution in [3.8, 4) is 22.1 Å². The Morgan fingerprint density at radius 3 is 2.55 bits per heavy atom. The van der Waals surface area contributed by atoms with Crippen molar-refractivity contribution in [1.29, 1.82) is 0 Å². The van der Waals surface area contributed by atoms with Gasteiger partial charge in [0.2, 0.25) is 0 Å². The fourth-order valence-corrected chi connectivity index (χ4v) is 2.88. The van der Waals surface area contributed by atoms with Crippen LogP contribution < -0.4 is 0 Å². The molecule has 20 heavy (non-hydrogen) atoms. The van der Waals surface area contributed by atoms with Crippen molar-refractivity contribution in [2.24, 2.45) is 0 Å². The van der Waals surface area contributed by atoms with E-state index in [4.69, 9.17) is 16.1 Å². The molecule has 0 atom stereocenters. The van der Waals surface area contributed by atoms with E-state index >= 15 is 0 Å². The quantitative estimate of drug-likeness (QED) is 0.720. The number of halogens is 1. The third kappa shape index (κ3) is 2.32. The molecule has 0 bridgehead atoms.